The molecule has 0 atom stereocenters. The molecule has 9 heteroatoms. The van der Waals surface area contributed by atoms with Crippen LogP contribution >= 0.6 is 0 Å². The van der Waals surface area contributed by atoms with E-state index in [2.05, 4.69) is 9.47 Å². The molecule has 23 heavy (non-hydrogen) atoms. The second-order valence-electron chi connectivity index (χ2n) is 4.29. The van der Waals surface area contributed by atoms with Crippen molar-refractivity contribution in [1.29, 1.82) is 5.26 Å². The fourth-order valence-electron chi connectivity index (χ4n) is 1.97. The Hall–Kier alpha value is -3.15. The Morgan fingerprint density at radius 1 is 1.35 bits per heavy atom. The van der Waals surface area contributed by atoms with E-state index in [0.717, 1.165) is 23.9 Å². The summed E-state index contributed by atoms with van der Waals surface area (Å²) in [4.78, 5) is 11.9. The summed E-state index contributed by atoms with van der Waals surface area (Å²) >= 11 is 0. The van der Waals surface area contributed by atoms with Crippen molar-refractivity contribution in [3.63, 3.8) is 0 Å². The van der Waals surface area contributed by atoms with Gasteiger partial charge in [0.05, 0.1) is 24.0 Å². The number of carbonyl (C=O) groups is 1. The molecule has 120 valence electrons. The van der Waals surface area contributed by atoms with Crippen LogP contribution in [0.2, 0.25) is 0 Å². The maximum Gasteiger partial charge on any atom is 0.573 e. The average molecular weight is 325 g/mol. The highest BCUT2D eigenvalue weighted by atomic mass is 19.4. The van der Waals surface area contributed by atoms with Crippen molar-refractivity contribution in [2.75, 3.05) is 12.8 Å². The lowest BCUT2D eigenvalue weighted by molar-refractivity contribution is -0.274. The Morgan fingerprint density at radius 3 is 2.57 bits per heavy atom. The second-order valence-corrected chi connectivity index (χ2v) is 4.29. The first-order valence-electron chi connectivity index (χ1n) is 6.13. The molecule has 0 saturated carbocycles. The molecule has 2 rings (SSSR count). The molecule has 6 nitrogen and oxygen atoms in total. The molecule has 0 radical (unpaired) electrons. The van der Waals surface area contributed by atoms with Gasteiger partial charge in [0.2, 0.25) is 0 Å². The summed E-state index contributed by atoms with van der Waals surface area (Å²) in [5.41, 5.74) is 5.05. The molecule has 0 fully saturated rings. The van der Waals surface area contributed by atoms with Crippen LogP contribution in [0.25, 0.3) is 5.69 Å². The number of halogens is 3. The van der Waals surface area contributed by atoms with Crippen LogP contribution in [0.5, 0.6) is 5.75 Å². The summed E-state index contributed by atoms with van der Waals surface area (Å²) in [5, 5.41) is 9.01. The second kappa shape index (κ2) is 5.92. The Balaban J connectivity index is 2.68. The summed E-state index contributed by atoms with van der Waals surface area (Å²) in [6.07, 6.45) is -3.78. The van der Waals surface area contributed by atoms with Gasteiger partial charge in [-0.2, -0.15) is 5.26 Å². The zero-order valence-electron chi connectivity index (χ0n) is 11.7. The fraction of sp³-hybridized carbons (Fsp3) is 0.143. The van der Waals surface area contributed by atoms with Crippen molar-refractivity contribution in [2.24, 2.45) is 0 Å². The molecule has 2 N–H and O–H groups in total. The third kappa shape index (κ3) is 3.21. The van der Waals surface area contributed by atoms with Gasteiger partial charge in [-0.15, -0.1) is 13.2 Å². The molecule has 0 aliphatic carbocycles. The van der Waals surface area contributed by atoms with E-state index in [0.29, 0.717) is 0 Å². The molecule has 0 aliphatic heterocycles. The maximum absolute atomic E-state index is 12.5. The minimum atomic E-state index is -4.92. The number of aromatic nitrogens is 1. The first kappa shape index (κ1) is 16.2. The molecule has 0 aliphatic rings. The van der Waals surface area contributed by atoms with Gasteiger partial charge in [-0.05, 0) is 12.1 Å². The van der Waals surface area contributed by atoms with Crippen molar-refractivity contribution < 1.29 is 27.4 Å². The van der Waals surface area contributed by atoms with Crippen LogP contribution < -0.4 is 10.5 Å². The largest absolute Gasteiger partial charge is 0.573 e. The minimum absolute atomic E-state index is 0.0767. The summed E-state index contributed by atoms with van der Waals surface area (Å²) in [7, 11) is 1.09. The quantitative estimate of drug-likeness (QED) is 0.876. The predicted octanol–water partition coefficient (Wildman–Crippen LogP) is 2.62. The zero-order chi connectivity index (χ0) is 17.2. The molecule has 0 amide bonds. The molecule has 0 saturated heterocycles. The van der Waals surface area contributed by atoms with Crippen LogP contribution in [0.3, 0.4) is 0 Å². The van der Waals surface area contributed by atoms with Gasteiger partial charge in [0.1, 0.15) is 6.07 Å². The molecule has 0 unspecified atom stereocenters. The number of methoxy groups -OCH3 is 1. The van der Waals surface area contributed by atoms with Crippen LogP contribution in [-0.2, 0) is 4.74 Å². The predicted molar refractivity (Wildman–Crippen MR) is 72.9 cm³/mol. The third-order valence-corrected chi connectivity index (χ3v) is 2.89. The van der Waals surface area contributed by atoms with Gasteiger partial charge in [0, 0.05) is 6.20 Å². The van der Waals surface area contributed by atoms with Crippen molar-refractivity contribution in [3.8, 4) is 17.5 Å². The number of esters is 1. The summed E-state index contributed by atoms with van der Waals surface area (Å²) < 4.78 is 47.1. The highest BCUT2D eigenvalue weighted by molar-refractivity contribution is 5.96. The molecule has 0 spiro atoms. The Kier molecular flexibility index (Phi) is 4.18. The Bertz CT molecular complexity index is 791. The van der Waals surface area contributed by atoms with E-state index in [1.165, 1.54) is 18.2 Å². The number of para-hydroxylation sites is 2. The number of nitrogens with zero attached hydrogens (tertiary/aromatic N) is 2. The number of hydrogen-bond acceptors (Lipinski definition) is 5. The molecule has 1 heterocycles. The van der Waals surface area contributed by atoms with E-state index in [4.69, 9.17) is 11.0 Å². The van der Waals surface area contributed by atoms with Crippen molar-refractivity contribution in [2.45, 2.75) is 6.36 Å². The average Bonchev–Trinajstić information content (AvgIpc) is 2.82. The van der Waals surface area contributed by atoms with E-state index in [1.807, 2.05) is 0 Å². The molecule has 0 bridgehead atoms. The van der Waals surface area contributed by atoms with Gasteiger partial charge in [0.25, 0.3) is 0 Å². The Morgan fingerprint density at radius 2 is 2.00 bits per heavy atom. The van der Waals surface area contributed by atoms with Gasteiger partial charge in [-0.3, -0.25) is 0 Å². The molecule has 2 aromatic rings. The standard InChI is InChI=1S/C14H10F3N3O3/c1-22-13(21)12-11(19)8(6-18)7-20(12)9-4-2-3-5-10(9)23-14(15,16)17/h2-5,7H,19H2,1H3. The number of nitrogen functional groups attached to an aromatic ring is 1. The lowest BCUT2D eigenvalue weighted by atomic mass is 10.2. The van der Waals surface area contributed by atoms with E-state index >= 15 is 0 Å². The van der Waals surface area contributed by atoms with Crippen molar-refractivity contribution in [1.82, 2.24) is 4.57 Å². The molecular weight excluding hydrogens is 315 g/mol. The topological polar surface area (TPSA) is 90.3 Å². The molecule has 1 aromatic carbocycles. The summed E-state index contributed by atoms with van der Waals surface area (Å²) in [6.45, 7) is 0. The van der Waals surface area contributed by atoms with E-state index in [9.17, 15) is 18.0 Å². The van der Waals surface area contributed by atoms with Crippen molar-refractivity contribution in [3.05, 3.63) is 41.7 Å². The van der Waals surface area contributed by atoms with E-state index < -0.39 is 18.1 Å². The van der Waals surface area contributed by atoms with E-state index in [-0.39, 0.29) is 22.6 Å². The van der Waals surface area contributed by atoms with Crippen LogP contribution in [0.1, 0.15) is 16.1 Å². The maximum atomic E-state index is 12.5. The number of rotatable bonds is 3. The van der Waals surface area contributed by atoms with Crippen LogP contribution in [0.15, 0.2) is 30.5 Å². The lowest BCUT2D eigenvalue weighted by Crippen LogP contribution is -2.19. The number of alkyl halides is 3. The number of benzene rings is 1. The zero-order valence-corrected chi connectivity index (χ0v) is 11.7. The van der Waals surface area contributed by atoms with Gasteiger partial charge < -0.3 is 19.8 Å². The summed E-state index contributed by atoms with van der Waals surface area (Å²) in [5.74, 6) is -1.45. The Labute approximate surface area is 128 Å². The van der Waals surface area contributed by atoms with Crippen LogP contribution in [0, 0.1) is 11.3 Å². The number of carbonyl (C=O) groups excluding carboxylic acids is 1. The highest BCUT2D eigenvalue weighted by Crippen LogP contribution is 2.32. The number of nitrogens with two attached hydrogens (primary N) is 1. The number of hydrogen-bond donors (Lipinski definition) is 1. The first-order valence-corrected chi connectivity index (χ1v) is 6.13. The number of anilines is 1. The van der Waals surface area contributed by atoms with Gasteiger partial charge >= 0.3 is 12.3 Å². The SMILES string of the molecule is COC(=O)c1c(N)c(C#N)cn1-c1ccccc1OC(F)(F)F. The van der Waals surface area contributed by atoms with Gasteiger partial charge in [-0.25, -0.2) is 4.79 Å². The van der Waals surface area contributed by atoms with Crippen molar-refractivity contribution >= 4 is 11.7 Å². The highest BCUT2D eigenvalue weighted by Gasteiger charge is 2.33. The van der Waals surface area contributed by atoms with E-state index in [1.54, 1.807) is 6.07 Å². The monoisotopic (exact) mass is 325 g/mol. The normalized spacial score (nSPS) is 10.9. The lowest BCUT2D eigenvalue weighted by Gasteiger charge is -2.15. The smallest absolute Gasteiger partial charge is 0.464 e. The number of nitriles is 1. The third-order valence-electron chi connectivity index (χ3n) is 2.89. The molecular formula is C14H10F3N3O3. The van der Waals surface area contributed by atoms with Crippen LogP contribution in [0.4, 0.5) is 18.9 Å². The number of ether oxygens (including phenoxy) is 2. The summed E-state index contributed by atoms with van der Waals surface area (Å²) in [6, 6.07) is 6.90. The fourth-order valence-corrected chi connectivity index (χ4v) is 1.97. The first-order chi connectivity index (χ1) is 10.8. The minimum Gasteiger partial charge on any atom is -0.464 e. The van der Waals surface area contributed by atoms with Crippen LogP contribution in [-0.4, -0.2) is 24.0 Å². The van der Waals surface area contributed by atoms with Gasteiger partial charge in [-0.1, -0.05) is 12.1 Å². The molecule has 1 aromatic heterocycles. The van der Waals surface area contributed by atoms with Gasteiger partial charge in [0.15, 0.2) is 11.4 Å².